The van der Waals surface area contributed by atoms with Gasteiger partial charge in [0.05, 0.1) is 5.56 Å². The average Bonchev–Trinajstić information content (AvgIpc) is 2.52. The highest BCUT2D eigenvalue weighted by atomic mass is 19.1. The summed E-state index contributed by atoms with van der Waals surface area (Å²) < 4.78 is 19.7. The second-order valence-electron chi connectivity index (χ2n) is 5.97. The van der Waals surface area contributed by atoms with Crippen molar-refractivity contribution in [3.8, 4) is 0 Å². The van der Waals surface area contributed by atoms with Gasteiger partial charge in [0.25, 0.3) is 0 Å². The molecule has 0 spiro atoms. The van der Waals surface area contributed by atoms with Crippen LogP contribution >= 0.6 is 0 Å². The number of rotatable bonds is 9. The first-order valence-electron chi connectivity index (χ1n) is 8.16. The van der Waals surface area contributed by atoms with Crippen LogP contribution in [0.15, 0.2) is 42.2 Å². The fraction of sp³-hybridized carbons (Fsp3) is 0.526. The van der Waals surface area contributed by atoms with Crippen molar-refractivity contribution in [3.63, 3.8) is 0 Å². The molecule has 0 heterocycles. The third kappa shape index (κ3) is 6.88. The highest BCUT2D eigenvalue weighted by molar-refractivity contribution is 5.89. The lowest BCUT2D eigenvalue weighted by atomic mass is 10.1. The van der Waals surface area contributed by atoms with Crippen molar-refractivity contribution in [2.75, 3.05) is 0 Å². The zero-order valence-electron chi connectivity index (χ0n) is 13.8. The Morgan fingerprint density at radius 1 is 1.23 bits per heavy atom. The average molecular weight is 306 g/mol. The maximum Gasteiger partial charge on any atom is 0.338 e. The number of halogens is 1. The highest BCUT2D eigenvalue weighted by Crippen LogP contribution is 2.20. The predicted molar refractivity (Wildman–Crippen MR) is 88.4 cm³/mol. The first-order chi connectivity index (χ1) is 10.5. The van der Waals surface area contributed by atoms with Gasteiger partial charge >= 0.3 is 5.97 Å². The van der Waals surface area contributed by atoms with E-state index in [2.05, 4.69) is 6.92 Å². The minimum absolute atomic E-state index is 0.325. The molecule has 0 radical (unpaired) electrons. The van der Waals surface area contributed by atoms with Gasteiger partial charge in [-0.25, -0.2) is 9.18 Å². The maximum atomic E-state index is 14.3. The van der Waals surface area contributed by atoms with E-state index in [0.29, 0.717) is 24.3 Å². The Morgan fingerprint density at radius 3 is 2.50 bits per heavy atom. The van der Waals surface area contributed by atoms with Gasteiger partial charge in [-0.3, -0.25) is 0 Å². The van der Waals surface area contributed by atoms with Crippen LogP contribution in [0.3, 0.4) is 0 Å². The van der Waals surface area contributed by atoms with Gasteiger partial charge in [0.2, 0.25) is 0 Å². The molecule has 0 saturated heterocycles. The van der Waals surface area contributed by atoms with E-state index < -0.39 is 12.1 Å². The Kier molecular flexibility index (Phi) is 8.49. The standard InChI is InChI=1S/C19H27FO2/c1-4-5-7-12-18(17(20)14-13-15(2)3)22-19(21)16-10-8-6-9-11-16/h6,8-11,14-15,18H,4-5,7,12-13H2,1-3H3/b17-14+. The number of unbranched alkanes of at least 4 members (excludes halogenated alkanes) is 2. The number of hydrogen-bond acceptors (Lipinski definition) is 2. The van der Waals surface area contributed by atoms with Gasteiger partial charge in [0.15, 0.2) is 6.10 Å². The van der Waals surface area contributed by atoms with Crippen LogP contribution in [-0.4, -0.2) is 12.1 Å². The molecule has 0 fully saturated rings. The number of carbonyl (C=O) groups excluding carboxylic acids is 1. The topological polar surface area (TPSA) is 26.3 Å². The fourth-order valence-electron chi connectivity index (χ4n) is 2.08. The van der Waals surface area contributed by atoms with Gasteiger partial charge < -0.3 is 4.74 Å². The molecule has 1 unspecified atom stereocenters. The van der Waals surface area contributed by atoms with Crippen molar-refractivity contribution >= 4 is 5.97 Å². The van der Waals surface area contributed by atoms with Crippen molar-refractivity contribution in [1.29, 1.82) is 0 Å². The van der Waals surface area contributed by atoms with E-state index in [1.54, 1.807) is 30.3 Å². The molecule has 0 aliphatic carbocycles. The second-order valence-corrected chi connectivity index (χ2v) is 5.97. The zero-order valence-corrected chi connectivity index (χ0v) is 13.8. The Morgan fingerprint density at radius 2 is 1.91 bits per heavy atom. The second kappa shape index (κ2) is 10.1. The van der Waals surface area contributed by atoms with Crippen molar-refractivity contribution in [2.45, 2.75) is 59.0 Å². The largest absolute Gasteiger partial charge is 0.451 e. The van der Waals surface area contributed by atoms with E-state index in [0.717, 1.165) is 19.3 Å². The summed E-state index contributed by atoms with van der Waals surface area (Å²) in [6.07, 6.45) is 4.89. The molecule has 22 heavy (non-hydrogen) atoms. The molecule has 3 heteroatoms. The van der Waals surface area contributed by atoms with Crippen LogP contribution in [0, 0.1) is 5.92 Å². The molecule has 0 aliphatic rings. The summed E-state index contributed by atoms with van der Waals surface area (Å²) >= 11 is 0. The van der Waals surface area contributed by atoms with Crippen LogP contribution in [0.2, 0.25) is 0 Å². The van der Waals surface area contributed by atoms with Crippen molar-refractivity contribution in [3.05, 3.63) is 47.8 Å². The molecule has 1 aromatic rings. The smallest absolute Gasteiger partial charge is 0.338 e. The molecule has 1 rings (SSSR count). The van der Waals surface area contributed by atoms with Gasteiger partial charge in [0, 0.05) is 0 Å². The van der Waals surface area contributed by atoms with Crippen LogP contribution < -0.4 is 0 Å². The van der Waals surface area contributed by atoms with Gasteiger partial charge in [0.1, 0.15) is 5.83 Å². The lowest BCUT2D eigenvalue weighted by Gasteiger charge is -2.17. The molecular formula is C19H27FO2. The van der Waals surface area contributed by atoms with Crippen LogP contribution in [0.5, 0.6) is 0 Å². The first kappa shape index (κ1) is 18.4. The molecular weight excluding hydrogens is 279 g/mol. The zero-order chi connectivity index (χ0) is 16.4. The maximum absolute atomic E-state index is 14.3. The van der Waals surface area contributed by atoms with Gasteiger partial charge in [-0.05, 0) is 43.4 Å². The van der Waals surface area contributed by atoms with Crippen molar-refractivity contribution in [1.82, 2.24) is 0 Å². The monoisotopic (exact) mass is 306 g/mol. The number of benzene rings is 1. The molecule has 1 atom stereocenters. The third-order valence-corrected chi connectivity index (χ3v) is 3.42. The fourth-order valence-corrected chi connectivity index (χ4v) is 2.08. The number of ether oxygens (including phenoxy) is 1. The Labute approximate surface area is 133 Å². The minimum atomic E-state index is -0.766. The molecule has 0 bridgehead atoms. The number of carbonyl (C=O) groups is 1. The SMILES string of the molecule is CCCCCC(OC(=O)c1ccccc1)/C(F)=C\CC(C)C. The van der Waals surface area contributed by atoms with Crippen LogP contribution in [0.25, 0.3) is 0 Å². The highest BCUT2D eigenvalue weighted by Gasteiger charge is 2.20. The molecule has 0 aliphatic heterocycles. The molecule has 2 nitrogen and oxygen atoms in total. The molecule has 0 N–H and O–H groups in total. The Bertz CT molecular complexity index is 466. The Hall–Kier alpha value is -1.64. The lowest BCUT2D eigenvalue weighted by Crippen LogP contribution is -2.19. The molecule has 1 aromatic carbocycles. The van der Waals surface area contributed by atoms with E-state index in [1.807, 2.05) is 19.9 Å². The summed E-state index contributed by atoms with van der Waals surface area (Å²) in [5.41, 5.74) is 0.458. The normalized spacial score (nSPS) is 13.2. The molecule has 0 amide bonds. The van der Waals surface area contributed by atoms with E-state index in [1.165, 1.54) is 0 Å². The molecule has 0 saturated carbocycles. The van der Waals surface area contributed by atoms with Gasteiger partial charge in [-0.1, -0.05) is 51.8 Å². The van der Waals surface area contributed by atoms with Gasteiger partial charge in [-0.2, -0.15) is 0 Å². The summed E-state index contributed by atoms with van der Waals surface area (Å²) in [4.78, 5) is 12.1. The van der Waals surface area contributed by atoms with E-state index in [-0.39, 0.29) is 5.83 Å². The van der Waals surface area contributed by atoms with Gasteiger partial charge in [-0.15, -0.1) is 0 Å². The number of esters is 1. The molecule has 122 valence electrons. The van der Waals surface area contributed by atoms with Crippen molar-refractivity contribution in [2.24, 2.45) is 5.92 Å². The Balaban J connectivity index is 2.72. The van der Waals surface area contributed by atoms with Crippen LogP contribution in [-0.2, 0) is 4.74 Å². The summed E-state index contributed by atoms with van der Waals surface area (Å²) in [5, 5.41) is 0. The number of hydrogen-bond donors (Lipinski definition) is 0. The third-order valence-electron chi connectivity index (χ3n) is 3.42. The number of allylic oxidation sites excluding steroid dienone is 1. The summed E-state index contributed by atoms with van der Waals surface area (Å²) in [7, 11) is 0. The quantitative estimate of drug-likeness (QED) is 0.432. The van der Waals surface area contributed by atoms with E-state index >= 15 is 0 Å². The van der Waals surface area contributed by atoms with Crippen molar-refractivity contribution < 1.29 is 13.9 Å². The predicted octanol–water partition coefficient (Wildman–Crippen LogP) is 5.69. The summed E-state index contributed by atoms with van der Waals surface area (Å²) in [5.74, 6) is -0.406. The lowest BCUT2D eigenvalue weighted by molar-refractivity contribution is 0.0308. The van der Waals surface area contributed by atoms with E-state index in [4.69, 9.17) is 4.74 Å². The molecule has 0 aromatic heterocycles. The summed E-state index contributed by atoms with van der Waals surface area (Å²) in [6.45, 7) is 6.16. The van der Waals surface area contributed by atoms with Crippen LogP contribution in [0.1, 0.15) is 63.2 Å². The minimum Gasteiger partial charge on any atom is -0.451 e. The van der Waals surface area contributed by atoms with E-state index in [9.17, 15) is 9.18 Å². The first-order valence-corrected chi connectivity index (χ1v) is 8.16. The van der Waals surface area contributed by atoms with Crippen LogP contribution in [0.4, 0.5) is 4.39 Å². The summed E-state index contributed by atoms with van der Waals surface area (Å²) in [6, 6.07) is 8.74.